The van der Waals surface area contributed by atoms with Gasteiger partial charge in [-0.1, -0.05) is 28.1 Å². The van der Waals surface area contributed by atoms with Crippen molar-refractivity contribution in [1.82, 2.24) is 4.90 Å². The van der Waals surface area contributed by atoms with Crippen LogP contribution in [0.3, 0.4) is 0 Å². The van der Waals surface area contributed by atoms with Crippen LogP contribution in [0, 0.1) is 10.1 Å². The molecular formula is C17H15BrN2O3. The molecule has 3 rings (SSSR count). The Kier molecular flexibility index (Phi) is 4.45. The van der Waals surface area contributed by atoms with Crippen molar-refractivity contribution in [2.24, 2.45) is 0 Å². The number of nitrogens with zero attached hydrogens (tertiary/aromatic N) is 2. The molecule has 0 amide bonds. The second kappa shape index (κ2) is 6.52. The summed E-state index contributed by atoms with van der Waals surface area (Å²) >= 11 is 3.45. The molecule has 0 saturated carbocycles. The van der Waals surface area contributed by atoms with Crippen LogP contribution in [0.5, 0.6) is 11.5 Å². The van der Waals surface area contributed by atoms with Crippen LogP contribution in [0.25, 0.3) is 0 Å². The summed E-state index contributed by atoms with van der Waals surface area (Å²) in [6.07, 6.45) is 1.83. The number of hydrogen-bond acceptors (Lipinski definition) is 4. The molecule has 0 aliphatic carbocycles. The molecule has 0 unspecified atom stereocenters. The normalized spacial score (nSPS) is 14.0. The van der Waals surface area contributed by atoms with Crippen molar-refractivity contribution >= 4 is 21.6 Å². The molecule has 1 aliphatic heterocycles. The van der Waals surface area contributed by atoms with E-state index in [4.69, 9.17) is 4.74 Å². The van der Waals surface area contributed by atoms with E-state index >= 15 is 0 Å². The van der Waals surface area contributed by atoms with Gasteiger partial charge in [-0.05, 0) is 18.2 Å². The van der Waals surface area contributed by atoms with Gasteiger partial charge in [-0.25, -0.2) is 0 Å². The highest BCUT2D eigenvalue weighted by Gasteiger charge is 2.20. The van der Waals surface area contributed by atoms with Crippen LogP contribution in [-0.4, -0.2) is 16.4 Å². The monoisotopic (exact) mass is 374 g/mol. The van der Waals surface area contributed by atoms with Crippen LogP contribution in [0.15, 0.2) is 53.5 Å². The predicted molar refractivity (Wildman–Crippen MR) is 91.6 cm³/mol. The molecule has 0 N–H and O–H groups in total. The predicted octanol–water partition coefficient (Wildman–Crippen LogP) is 4.65. The molecule has 2 aromatic carbocycles. The Morgan fingerprint density at radius 2 is 2.00 bits per heavy atom. The largest absolute Gasteiger partial charge is 0.457 e. The van der Waals surface area contributed by atoms with Crippen molar-refractivity contribution in [1.29, 1.82) is 0 Å². The zero-order chi connectivity index (χ0) is 16.4. The third-order valence-corrected chi connectivity index (χ3v) is 4.17. The summed E-state index contributed by atoms with van der Waals surface area (Å²) in [5.74, 6) is 1.40. The number of nitro groups is 1. The molecular weight excluding hydrogens is 360 g/mol. The highest BCUT2D eigenvalue weighted by atomic mass is 79.9. The minimum atomic E-state index is -0.387. The molecule has 0 spiro atoms. The summed E-state index contributed by atoms with van der Waals surface area (Å²) in [6.45, 7) is 5.74. The van der Waals surface area contributed by atoms with Gasteiger partial charge in [-0.15, -0.1) is 6.58 Å². The number of fused-ring (bicyclic) bond motifs is 2. The van der Waals surface area contributed by atoms with E-state index in [0.29, 0.717) is 25.4 Å². The minimum Gasteiger partial charge on any atom is -0.457 e. The SMILES string of the molecule is C=CCN1Cc2cc([N+](=O)[O-])ccc2Oc2cc(Br)ccc2C1. The Balaban J connectivity index is 2.08. The summed E-state index contributed by atoms with van der Waals surface area (Å²) in [7, 11) is 0. The van der Waals surface area contributed by atoms with E-state index in [0.717, 1.165) is 21.3 Å². The summed E-state index contributed by atoms with van der Waals surface area (Å²) in [5.41, 5.74) is 1.94. The van der Waals surface area contributed by atoms with Gasteiger partial charge in [0.15, 0.2) is 0 Å². The molecule has 2 aromatic rings. The highest BCUT2D eigenvalue weighted by molar-refractivity contribution is 9.10. The standard InChI is InChI=1S/C17H15BrN2O3/c1-2-7-19-10-12-3-4-14(18)9-17(12)23-16-6-5-15(20(21)22)8-13(16)11-19/h2-6,8-9H,1,7,10-11H2. The van der Waals surface area contributed by atoms with Crippen LogP contribution < -0.4 is 4.74 Å². The Hall–Kier alpha value is -2.18. The maximum atomic E-state index is 11.0. The molecule has 0 fully saturated rings. The zero-order valence-corrected chi connectivity index (χ0v) is 14.0. The van der Waals surface area contributed by atoms with Gasteiger partial charge in [-0.3, -0.25) is 15.0 Å². The quantitative estimate of drug-likeness (QED) is 0.445. The third kappa shape index (κ3) is 3.43. The molecule has 0 saturated heterocycles. The molecule has 0 atom stereocenters. The molecule has 1 heterocycles. The van der Waals surface area contributed by atoms with Gasteiger partial charge in [0.1, 0.15) is 11.5 Å². The Bertz CT molecular complexity index is 776. The van der Waals surface area contributed by atoms with Crippen LogP contribution in [0.1, 0.15) is 11.1 Å². The number of rotatable bonds is 3. The second-order valence-corrected chi connectivity index (χ2v) is 6.28. The van der Waals surface area contributed by atoms with Crippen LogP contribution in [-0.2, 0) is 13.1 Å². The van der Waals surface area contributed by atoms with Crippen molar-refractivity contribution in [3.8, 4) is 11.5 Å². The first kappa shape index (κ1) is 15.7. The fourth-order valence-corrected chi connectivity index (χ4v) is 2.96. The van der Waals surface area contributed by atoms with Gasteiger partial charge >= 0.3 is 0 Å². The van der Waals surface area contributed by atoms with Crippen molar-refractivity contribution in [3.63, 3.8) is 0 Å². The lowest BCUT2D eigenvalue weighted by Gasteiger charge is -2.26. The van der Waals surface area contributed by atoms with E-state index in [1.54, 1.807) is 12.1 Å². The van der Waals surface area contributed by atoms with Crippen molar-refractivity contribution in [3.05, 3.63) is 74.8 Å². The maximum Gasteiger partial charge on any atom is 0.270 e. The molecule has 0 bridgehead atoms. The molecule has 5 nitrogen and oxygen atoms in total. The number of nitro benzene ring substituents is 1. The van der Waals surface area contributed by atoms with Crippen molar-refractivity contribution in [2.75, 3.05) is 6.54 Å². The minimum absolute atomic E-state index is 0.0703. The number of hydrogen-bond donors (Lipinski definition) is 0. The Morgan fingerprint density at radius 3 is 2.74 bits per heavy atom. The van der Waals surface area contributed by atoms with Crippen molar-refractivity contribution in [2.45, 2.75) is 13.1 Å². The third-order valence-electron chi connectivity index (χ3n) is 3.68. The first-order valence-corrected chi connectivity index (χ1v) is 7.93. The molecule has 0 radical (unpaired) electrons. The molecule has 6 heteroatoms. The summed E-state index contributed by atoms with van der Waals surface area (Å²) in [4.78, 5) is 12.8. The fraction of sp³-hybridized carbons (Fsp3) is 0.176. The van der Waals surface area contributed by atoms with Gasteiger partial charge in [0.25, 0.3) is 5.69 Å². The number of halogens is 1. The number of benzene rings is 2. The number of ether oxygens (including phenoxy) is 1. The second-order valence-electron chi connectivity index (χ2n) is 5.36. The van der Waals surface area contributed by atoms with E-state index in [1.807, 2.05) is 24.3 Å². The lowest BCUT2D eigenvalue weighted by Crippen LogP contribution is -2.24. The summed E-state index contributed by atoms with van der Waals surface area (Å²) in [6, 6.07) is 10.6. The van der Waals surface area contributed by atoms with E-state index < -0.39 is 0 Å². The van der Waals surface area contributed by atoms with Gasteiger partial charge in [0.2, 0.25) is 0 Å². The first-order chi connectivity index (χ1) is 11.1. The van der Waals surface area contributed by atoms with Gasteiger partial charge in [0.05, 0.1) is 4.92 Å². The van der Waals surface area contributed by atoms with Crippen LogP contribution in [0.2, 0.25) is 0 Å². The molecule has 23 heavy (non-hydrogen) atoms. The topological polar surface area (TPSA) is 55.6 Å². The van der Waals surface area contributed by atoms with E-state index in [2.05, 4.69) is 27.4 Å². The zero-order valence-electron chi connectivity index (χ0n) is 12.4. The Morgan fingerprint density at radius 1 is 1.22 bits per heavy atom. The lowest BCUT2D eigenvalue weighted by molar-refractivity contribution is -0.384. The van der Waals surface area contributed by atoms with Crippen molar-refractivity contribution < 1.29 is 9.66 Å². The highest BCUT2D eigenvalue weighted by Crippen LogP contribution is 2.36. The molecule has 1 aliphatic rings. The molecule has 118 valence electrons. The lowest BCUT2D eigenvalue weighted by atomic mass is 10.1. The average molecular weight is 375 g/mol. The smallest absolute Gasteiger partial charge is 0.270 e. The van der Waals surface area contributed by atoms with E-state index in [-0.39, 0.29) is 10.6 Å². The average Bonchev–Trinajstić information content (AvgIpc) is 2.49. The molecule has 0 aromatic heterocycles. The Labute approximate surface area is 142 Å². The van der Waals surface area contributed by atoms with Gasteiger partial charge in [0, 0.05) is 47.4 Å². The summed E-state index contributed by atoms with van der Waals surface area (Å²) < 4.78 is 6.95. The fourth-order valence-electron chi connectivity index (χ4n) is 2.62. The van der Waals surface area contributed by atoms with Crippen LogP contribution in [0.4, 0.5) is 5.69 Å². The van der Waals surface area contributed by atoms with Gasteiger partial charge in [-0.2, -0.15) is 0 Å². The van der Waals surface area contributed by atoms with E-state index in [1.165, 1.54) is 6.07 Å². The van der Waals surface area contributed by atoms with Crippen LogP contribution >= 0.6 is 15.9 Å². The number of non-ortho nitro benzene ring substituents is 1. The summed E-state index contributed by atoms with van der Waals surface area (Å²) in [5, 5.41) is 11.0. The first-order valence-electron chi connectivity index (χ1n) is 7.13. The maximum absolute atomic E-state index is 11.0. The van der Waals surface area contributed by atoms with Gasteiger partial charge < -0.3 is 4.74 Å². The van der Waals surface area contributed by atoms with E-state index in [9.17, 15) is 10.1 Å².